The summed E-state index contributed by atoms with van der Waals surface area (Å²) in [6.45, 7) is 7.98. The van der Waals surface area contributed by atoms with Gasteiger partial charge in [-0.3, -0.25) is 4.40 Å². The lowest BCUT2D eigenvalue weighted by atomic mass is 10.1. The van der Waals surface area contributed by atoms with E-state index in [0.717, 1.165) is 22.5 Å². The molecular weight excluding hydrogens is 276 g/mol. The summed E-state index contributed by atoms with van der Waals surface area (Å²) in [4.78, 5) is 4.34. The molecule has 0 saturated heterocycles. The molecule has 0 aliphatic carbocycles. The number of aromatic nitrogens is 2. The number of nitrogens with zero attached hydrogens (tertiary/aromatic N) is 4. The van der Waals surface area contributed by atoms with Gasteiger partial charge in [-0.15, -0.1) is 10.2 Å². The van der Waals surface area contributed by atoms with Crippen LogP contribution in [0.4, 0.5) is 11.5 Å². The fraction of sp³-hybridized carbons (Fsp3) is 0.235. The predicted octanol–water partition coefficient (Wildman–Crippen LogP) is 4.69. The molecule has 0 atom stereocenters. The van der Waals surface area contributed by atoms with Crippen LogP contribution in [-0.2, 0) is 0 Å². The second-order valence-electron chi connectivity index (χ2n) is 5.56. The van der Waals surface area contributed by atoms with Gasteiger partial charge in [0, 0.05) is 6.20 Å². The first-order valence-electron chi connectivity index (χ1n) is 7.13. The van der Waals surface area contributed by atoms with Crippen molar-refractivity contribution in [2.45, 2.75) is 27.7 Å². The normalized spacial score (nSPS) is 11.6. The van der Waals surface area contributed by atoms with Crippen molar-refractivity contribution >= 4 is 17.2 Å². The minimum Gasteiger partial charge on any atom is -0.504 e. The van der Waals surface area contributed by atoms with E-state index in [0.29, 0.717) is 11.5 Å². The summed E-state index contributed by atoms with van der Waals surface area (Å²) in [6, 6.07) is 7.55. The van der Waals surface area contributed by atoms with Crippen molar-refractivity contribution in [2.75, 3.05) is 0 Å². The third-order valence-corrected chi connectivity index (χ3v) is 3.65. The zero-order valence-corrected chi connectivity index (χ0v) is 13.1. The molecule has 5 heteroatoms. The molecule has 3 aromatic rings. The molecule has 0 unspecified atom stereocenters. The molecule has 3 rings (SSSR count). The van der Waals surface area contributed by atoms with Crippen LogP contribution < -0.4 is 0 Å². The van der Waals surface area contributed by atoms with Crippen molar-refractivity contribution < 1.29 is 5.11 Å². The predicted molar refractivity (Wildman–Crippen MR) is 86.4 cm³/mol. The molecule has 2 heterocycles. The number of aryl methyl sites for hydroxylation is 4. The molecule has 1 aromatic carbocycles. The van der Waals surface area contributed by atoms with Crippen molar-refractivity contribution in [2.24, 2.45) is 10.2 Å². The largest absolute Gasteiger partial charge is 0.504 e. The summed E-state index contributed by atoms with van der Waals surface area (Å²) in [7, 11) is 0. The van der Waals surface area contributed by atoms with Crippen LogP contribution in [-0.4, -0.2) is 14.5 Å². The topological polar surface area (TPSA) is 62.2 Å². The number of imidazole rings is 1. The second-order valence-corrected chi connectivity index (χ2v) is 5.56. The highest BCUT2D eigenvalue weighted by atomic mass is 16.3. The maximum atomic E-state index is 9.86. The first-order chi connectivity index (χ1) is 10.5. The molecule has 1 N–H and O–H groups in total. The maximum absolute atomic E-state index is 9.86. The van der Waals surface area contributed by atoms with Crippen LogP contribution in [0.5, 0.6) is 5.75 Å². The van der Waals surface area contributed by atoms with Gasteiger partial charge in [0.25, 0.3) is 0 Å². The number of fused-ring (bicyclic) bond motifs is 1. The number of aromatic hydroxyl groups is 1. The second kappa shape index (κ2) is 5.26. The Balaban J connectivity index is 2.11. The van der Waals surface area contributed by atoms with E-state index in [-0.39, 0.29) is 5.75 Å². The Morgan fingerprint density at radius 2 is 1.73 bits per heavy atom. The van der Waals surface area contributed by atoms with Gasteiger partial charge in [-0.2, -0.15) is 0 Å². The first-order valence-corrected chi connectivity index (χ1v) is 7.13. The summed E-state index contributed by atoms with van der Waals surface area (Å²) in [5.41, 5.74) is 5.50. The molecule has 0 aliphatic rings. The van der Waals surface area contributed by atoms with Crippen LogP contribution in [0.25, 0.3) is 5.65 Å². The van der Waals surface area contributed by atoms with E-state index in [4.69, 9.17) is 0 Å². The van der Waals surface area contributed by atoms with Crippen molar-refractivity contribution in [1.82, 2.24) is 9.38 Å². The van der Waals surface area contributed by atoms with Gasteiger partial charge in [-0.05, 0) is 51.0 Å². The van der Waals surface area contributed by atoms with Gasteiger partial charge < -0.3 is 5.11 Å². The van der Waals surface area contributed by atoms with Crippen LogP contribution in [0.15, 0.2) is 40.7 Å². The smallest absolute Gasteiger partial charge is 0.182 e. The molecule has 0 aliphatic heterocycles. The zero-order chi connectivity index (χ0) is 15.9. The fourth-order valence-corrected chi connectivity index (χ4v) is 2.70. The summed E-state index contributed by atoms with van der Waals surface area (Å²) in [6.07, 6.45) is 1.82. The fourth-order valence-electron chi connectivity index (χ4n) is 2.70. The van der Waals surface area contributed by atoms with Gasteiger partial charge in [-0.25, -0.2) is 4.98 Å². The van der Waals surface area contributed by atoms with E-state index in [9.17, 15) is 5.11 Å². The SMILES string of the molecule is Cc1cc(C)c(N=Nc2c(C)nc3c(O)cccn23)c(C)c1. The molecule has 0 radical (unpaired) electrons. The summed E-state index contributed by atoms with van der Waals surface area (Å²) in [5, 5.41) is 18.6. The molecule has 112 valence electrons. The van der Waals surface area contributed by atoms with E-state index < -0.39 is 0 Å². The Morgan fingerprint density at radius 1 is 1.05 bits per heavy atom. The number of benzene rings is 1. The molecule has 0 bridgehead atoms. The molecule has 2 aromatic heterocycles. The monoisotopic (exact) mass is 294 g/mol. The lowest BCUT2D eigenvalue weighted by Gasteiger charge is -2.05. The Hall–Kier alpha value is -2.69. The third-order valence-electron chi connectivity index (χ3n) is 3.65. The van der Waals surface area contributed by atoms with E-state index in [1.807, 2.05) is 27.0 Å². The van der Waals surface area contributed by atoms with Crippen molar-refractivity contribution in [3.8, 4) is 5.75 Å². The Bertz CT molecular complexity index is 870. The Labute approximate surface area is 129 Å². The number of hydrogen-bond acceptors (Lipinski definition) is 4. The number of azo groups is 1. The van der Waals surface area contributed by atoms with Crippen LogP contribution in [0.3, 0.4) is 0 Å². The number of pyridine rings is 1. The van der Waals surface area contributed by atoms with Crippen LogP contribution >= 0.6 is 0 Å². The zero-order valence-electron chi connectivity index (χ0n) is 13.1. The third kappa shape index (κ3) is 2.35. The van der Waals surface area contributed by atoms with E-state index in [1.54, 1.807) is 16.5 Å². The molecule has 0 fully saturated rings. The minimum atomic E-state index is 0.134. The van der Waals surface area contributed by atoms with Gasteiger partial charge in [0.1, 0.15) is 0 Å². The van der Waals surface area contributed by atoms with Crippen LogP contribution in [0.1, 0.15) is 22.4 Å². The minimum absolute atomic E-state index is 0.134. The summed E-state index contributed by atoms with van der Waals surface area (Å²) >= 11 is 0. The highest BCUT2D eigenvalue weighted by Crippen LogP contribution is 2.30. The van der Waals surface area contributed by atoms with Gasteiger partial charge in [0.05, 0.1) is 11.4 Å². The van der Waals surface area contributed by atoms with Crippen molar-refractivity contribution in [3.05, 3.63) is 52.8 Å². The molecular formula is C17H18N4O. The van der Waals surface area contributed by atoms with E-state index >= 15 is 0 Å². The maximum Gasteiger partial charge on any atom is 0.182 e. The lowest BCUT2D eigenvalue weighted by Crippen LogP contribution is -1.84. The van der Waals surface area contributed by atoms with Gasteiger partial charge in [0.2, 0.25) is 0 Å². The van der Waals surface area contributed by atoms with Crippen molar-refractivity contribution in [3.63, 3.8) is 0 Å². The average Bonchev–Trinajstić information content (AvgIpc) is 2.76. The average molecular weight is 294 g/mol. The van der Waals surface area contributed by atoms with Gasteiger partial charge in [-0.1, -0.05) is 17.7 Å². The summed E-state index contributed by atoms with van der Waals surface area (Å²) < 4.78 is 1.74. The standard InChI is InChI=1S/C17H18N4O/c1-10-8-11(2)15(12(3)9-10)19-20-16-13(4)18-17-14(22)6-5-7-21(16)17/h5-9,22H,1-4H3. The number of hydrogen-bond donors (Lipinski definition) is 1. The number of rotatable bonds is 2. The van der Waals surface area contributed by atoms with E-state index in [1.165, 1.54) is 5.56 Å². The lowest BCUT2D eigenvalue weighted by molar-refractivity contribution is 0.477. The van der Waals surface area contributed by atoms with Gasteiger partial charge in [0.15, 0.2) is 17.2 Å². The van der Waals surface area contributed by atoms with Crippen LogP contribution in [0.2, 0.25) is 0 Å². The first kappa shape index (κ1) is 14.3. The Morgan fingerprint density at radius 3 is 2.41 bits per heavy atom. The molecule has 0 spiro atoms. The molecule has 22 heavy (non-hydrogen) atoms. The molecule has 0 amide bonds. The summed E-state index contributed by atoms with van der Waals surface area (Å²) in [5.74, 6) is 0.764. The highest BCUT2D eigenvalue weighted by molar-refractivity contribution is 5.60. The highest BCUT2D eigenvalue weighted by Gasteiger charge is 2.11. The van der Waals surface area contributed by atoms with Crippen LogP contribution in [0, 0.1) is 27.7 Å². The van der Waals surface area contributed by atoms with E-state index in [2.05, 4.69) is 34.3 Å². The molecule has 0 saturated carbocycles. The van der Waals surface area contributed by atoms with Crippen molar-refractivity contribution in [1.29, 1.82) is 0 Å². The Kier molecular flexibility index (Phi) is 3.41. The quantitative estimate of drug-likeness (QED) is 0.697. The molecule has 5 nitrogen and oxygen atoms in total. The van der Waals surface area contributed by atoms with Gasteiger partial charge >= 0.3 is 0 Å².